The summed E-state index contributed by atoms with van der Waals surface area (Å²) in [5.41, 5.74) is 8.12. The number of azide groups is 1. The van der Waals surface area contributed by atoms with Crippen LogP contribution in [0.25, 0.3) is 10.4 Å². The highest BCUT2D eigenvalue weighted by molar-refractivity contribution is 8.18. The van der Waals surface area contributed by atoms with Gasteiger partial charge in [-0.15, -0.1) is 0 Å². The first-order valence-electron chi connectivity index (χ1n) is 9.85. The average molecular weight is 445 g/mol. The van der Waals surface area contributed by atoms with Crippen LogP contribution in [0, 0.1) is 0 Å². The van der Waals surface area contributed by atoms with Gasteiger partial charge in [0.2, 0.25) is 5.91 Å². The summed E-state index contributed by atoms with van der Waals surface area (Å²) in [7, 11) is 0.833. The summed E-state index contributed by atoms with van der Waals surface area (Å²) in [6.07, 6.45) is 2.44. The molecule has 0 aliphatic rings. The first-order valence-corrected chi connectivity index (χ1v) is 12.4. The molecular weight excluding hydrogens is 415 g/mol. The van der Waals surface area contributed by atoms with Crippen LogP contribution in [0.2, 0.25) is 0 Å². The van der Waals surface area contributed by atoms with Gasteiger partial charge in [-0.25, -0.2) is 0 Å². The fraction of sp³-hybridized carbons (Fsp3) is 0.364. The van der Waals surface area contributed by atoms with Crippen molar-refractivity contribution in [2.45, 2.75) is 32.6 Å². The average Bonchev–Trinajstić information content (AvgIpc) is 2.79. The van der Waals surface area contributed by atoms with Crippen molar-refractivity contribution in [3.05, 3.63) is 71.1 Å². The summed E-state index contributed by atoms with van der Waals surface area (Å²) in [5, 5.41) is 8.51. The first kappa shape index (κ1) is 25.7. The largest absolute Gasteiger partial charge is 0.356 e. The fourth-order valence-corrected chi connectivity index (χ4v) is 6.40. The molecule has 0 bridgehead atoms. The molecule has 0 unspecified atom stereocenters. The number of rotatable bonds is 10. The molecule has 30 heavy (non-hydrogen) atoms. The molecule has 1 amide bonds. The van der Waals surface area contributed by atoms with Crippen molar-refractivity contribution in [3.8, 4) is 0 Å². The van der Waals surface area contributed by atoms with Crippen LogP contribution >= 0.6 is 19.7 Å². The smallest absolute Gasteiger partial charge is 0.220 e. The molecule has 0 saturated carbocycles. The fourth-order valence-electron chi connectivity index (χ4n) is 2.47. The van der Waals surface area contributed by atoms with E-state index in [1.54, 1.807) is 0 Å². The molecule has 0 aliphatic heterocycles. The normalized spacial score (nSPS) is 9.83. The van der Waals surface area contributed by atoms with Gasteiger partial charge in [-0.05, 0) is 36.9 Å². The number of amides is 1. The molecule has 2 aromatic carbocycles. The Kier molecular flexibility index (Phi) is 14.1. The van der Waals surface area contributed by atoms with E-state index < -0.39 is 7.92 Å². The lowest BCUT2D eigenvalue weighted by Crippen LogP contribution is -2.23. The Morgan fingerprint density at radius 1 is 1.03 bits per heavy atom. The Balaban J connectivity index is 0.00000103. The predicted molar refractivity (Wildman–Crippen MR) is 129 cm³/mol. The van der Waals surface area contributed by atoms with Crippen LogP contribution in [0.15, 0.2) is 65.8 Å². The third-order valence-electron chi connectivity index (χ3n) is 3.94. The zero-order valence-corrected chi connectivity index (χ0v) is 19.2. The van der Waals surface area contributed by atoms with E-state index in [9.17, 15) is 9.59 Å². The summed E-state index contributed by atoms with van der Waals surface area (Å²) in [6, 6.07) is 20.8. The van der Waals surface area contributed by atoms with Crippen molar-refractivity contribution in [1.29, 1.82) is 0 Å². The Morgan fingerprint density at radius 2 is 1.57 bits per heavy atom. The van der Waals surface area contributed by atoms with Crippen LogP contribution in [-0.2, 0) is 9.59 Å². The Bertz CT molecular complexity index is 760. The standard InChI is InChI=1S/C21H26NO2PS.CH3N3/c1-2-16-22-20(23)14-9-15-21(24)26-17-25(18-10-5-3-6-11-18)19-12-7-4-8-13-19;1-3-4-2/h3-8,10-13H,2,9,14-17H2,1H3,(H,22,23);1H3. The molecule has 0 spiro atoms. The molecule has 6 nitrogen and oxygen atoms in total. The topological polar surface area (TPSA) is 94.9 Å². The van der Waals surface area contributed by atoms with Crippen LogP contribution in [0.3, 0.4) is 0 Å². The van der Waals surface area contributed by atoms with Crippen LogP contribution < -0.4 is 15.9 Å². The summed E-state index contributed by atoms with van der Waals surface area (Å²) in [4.78, 5) is 26.2. The molecule has 2 aromatic rings. The van der Waals surface area contributed by atoms with Crippen LogP contribution in [-0.4, -0.2) is 30.1 Å². The highest BCUT2D eigenvalue weighted by Gasteiger charge is 2.15. The Hall–Kier alpha value is -2.33. The van der Waals surface area contributed by atoms with Gasteiger partial charge in [0.15, 0.2) is 5.12 Å². The van der Waals surface area contributed by atoms with Gasteiger partial charge in [0.25, 0.3) is 0 Å². The van der Waals surface area contributed by atoms with Crippen molar-refractivity contribution in [2.75, 3.05) is 19.1 Å². The van der Waals surface area contributed by atoms with E-state index in [4.69, 9.17) is 5.53 Å². The molecule has 1 N–H and O–H groups in total. The van der Waals surface area contributed by atoms with Gasteiger partial charge in [-0.2, -0.15) is 0 Å². The lowest BCUT2D eigenvalue weighted by molar-refractivity contribution is -0.121. The van der Waals surface area contributed by atoms with Gasteiger partial charge in [-0.3, -0.25) is 9.59 Å². The third kappa shape index (κ3) is 11.0. The lowest BCUT2D eigenvalue weighted by atomic mass is 10.2. The highest BCUT2D eigenvalue weighted by atomic mass is 32.2. The van der Waals surface area contributed by atoms with Gasteiger partial charge in [0, 0.05) is 36.8 Å². The Labute approximate surface area is 184 Å². The first-order chi connectivity index (χ1) is 14.6. The van der Waals surface area contributed by atoms with Crippen molar-refractivity contribution < 1.29 is 9.59 Å². The van der Waals surface area contributed by atoms with Crippen molar-refractivity contribution in [1.82, 2.24) is 5.32 Å². The molecule has 0 saturated heterocycles. The van der Waals surface area contributed by atoms with Gasteiger partial charge < -0.3 is 5.32 Å². The second-order valence-corrected chi connectivity index (χ2v) is 9.90. The van der Waals surface area contributed by atoms with E-state index in [2.05, 4.69) is 63.9 Å². The summed E-state index contributed by atoms with van der Waals surface area (Å²) in [5.74, 6) is 0.0421. The van der Waals surface area contributed by atoms with Gasteiger partial charge in [0.1, 0.15) is 0 Å². The minimum Gasteiger partial charge on any atom is -0.356 e. The van der Waals surface area contributed by atoms with E-state index in [-0.39, 0.29) is 11.0 Å². The number of nitrogens with one attached hydrogen (secondary N) is 1. The minimum absolute atomic E-state index is 0.0421. The van der Waals surface area contributed by atoms with Gasteiger partial charge >= 0.3 is 0 Å². The second kappa shape index (κ2) is 16.5. The van der Waals surface area contributed by atoms with Gasteiger partial charge in [0.05, 0.1) is 0 Å². The number of carbonyl (C=O) groups excluding carboxylic acids is 2. The third-order valence-corrected chi connectivity index (χ3v) is 7.85. The molecule has 0 heterocycles. The van der Waals surface area contributed by atoms with Crippen LogP contribution in [0.1, 0.15) is 32.6 Å². The van der Waals surface area contributed by atoms with Crippen molar-refractivity contribution in [2.24, 2.45) is 5.11 Å². The monoisotopic (exact) mass is 444 g/mol. The summed E-state index contributed by atoms with van der Waals surface area (Å²) in [6.45, 7) is 2.73. The molecule has 160 valence electrons. The molecule has 0 aromatic heterocycles. The van der Waals surface area contributed by atoms with Crippen LogP contribution in [0.4, 0.5) is 0 Å². The molecule has 0 aliphatic carbocycles. The van der Waals surface area contributed by atoms with E-state index in [1.165, 1.54) is 29.4 Å². The summed E-state index contributed by atoms with van der Waals surface area (Å²) < 4.78 is 0. The summed E-state index contributed by atoms with van der Waals surface area (Å²) >= 11 is 1.40. The maximum Gasteiger partial charge on any atom is 0.220 e. The maximum absolute atomic E-state index is 12.2. The van der Waals surface area contributed by atoms with Gasteiger partial charge in [-0.1, -0.05) is 84.5 Å². The minimum atomic E-state index is -0.556. The molecule has 8 heteroatoms. The number of carbonyl (C=O) groups is 2. The lowest BCUT2D eigenvalue weighted by Gasteiger charge is -2.17. The number of hydrogen-bond acceptors (Lipinski definition) is 4. The SMILES string of the molecule is CCCNC(=O)CCCC(=O)SCP(c1ccccc1)c1ccccc1.CN=[N+]=[N-]. The highest BCUT2D eigenvalue weighted by Crippen LogP contribution is 2.38. The predicted octanol–water partition coefficient (Wildman–Crippen LogP) is 4.96. The number of benzene rings is 2. The zero-order valence-electron chi connectivity index (χ0n) is 17.5. The zero-order chi connectivity index (χ0) is 22.0. The number of hydrogen-bond donors (Lipinski definition) is 1. The number of thioether (sulfide) groups is 1. The Morgan fingerprint density at radius 3 is 2.03 bits per heavy atom. The number of nitrogens with zero attached hydrogens (tertiary/aromatic N) is 3. The van der Waals surface area contributed by atoms with Crippen LogP contribution in [0.5, 0.6) is 0 Å². The van der Waals surface area contributed by atoms with E-state index in [0.717, 1.165) is 11.9 Å². The van der Waals surface area contributed by atoms with Crippen molar-refractivity contribution >= 4 is 41.3 Å². The quantitative estimate of drug-likeness (QED) is 0.243. The molecular formula is C22H29N4O2PS. The molecule has 0 atom stereocenters. The van der Waals surface area contributed by atoms with E-state index in [1.807, 2.05) is 19.1 Å². The second-order valence-electron chi connectivity index (χ2n) is 6.24. The molecule has 0 fully saturated rings. The van der Waals surface area contributed by atoms with E-state index >= 15 is 0 Å². The van der Waals surface area contributed by atoms with Crippen molar-refractivity contribution in [3.63, 3.8) is 0 Å². The maximum atomic E-state index is 12.2. The molecule has 0 radical (unpaired) electrons. The van der Waals surface area contributed by atoms with E-state index in [0.29, 0.717) is 25.8 Å². The molecule has 2 rings (SSSR count).